The smallest absolute Gasteiger partial charge is 0.0993 e. The van der Waals surface area contributed by atoms with E-state index >= 15 is 0 Å². The molecule has 2 unspecified atom stereocenters. The molecule has 2 heterocycles. The molecule has 0 N–H and O–H groups in total. The Morgan fingerprint density at radius 3 is 2.50 bits per heavy atom. The van der Waals surface area contributed by atoms with Crippen molar-refractivity contribution < 1.29 is 4.84 Å². The predicted octanol–water partition coefficient (Wildman–Crippen LogP) is 0.623. The molecule has 0 saturated carbocycles. The lowest BCUT2D eigenvalue weighted by atomic mass is 10.00. The van der Waals surface area contributed by atoms with Crippen LogP contribution in [0.1, 0.15) is 12.8 Å². The van der Waals surface area contributed by atoms with Gasteiger partial charge in [0.2, 0.25) is 0 Å². The van der Waals surface area contributed by atoms with Crippen molar-refractivity contribution in [2.24, 2.45) is 0 Å². The van der Waals surface area contributed by atoms with Gasteiger partial charge in [-0.3, -0.25) is 4.84 Å². The molecule has 3 aliphatic rings. The van der Waals surface area contributed by atoms with Crippen molar-refractivity contribution in [1.82, 2.24) is 5.48 Å². The second kappa shape index (κ2) is 1.57. The third-order valence-electron chi connectivity index (χ3n) is 1.63. The largest absolute Gasteiger partial charge is 0.274 e. The minimum absolute atomic E-state index is 0.306. The Kier molecular flexibility index (Phi) is 0.889. The molecule has 0 aromatic heterocycles. The maximum Gasteiger partial charge on any atom is 0.0993 e. The summed E-state index contributed by atoms with van der Waals surface area (Å²) in [6.07, 6.45) is 6.87. The van der Waals surface area contributed by atoms with Gasteiger partial charge in [0.25, 0.3) is 0 Å². The second-order valence-corrected chi connectivity index (χ2v) is 2.28. The SMILES string of the molecule is C1=CC2CCC1[N]O2. The van der Waals surface area contributed by atoms with Gasteiger partial charge in [0.05, 0.1) is 12.1 Å². The molecular weight excluding hydrogens is 102 g/mol. The van der Waals surface area contributed by atoms with Crippen LogP contribution in [0.3, 0.4) is 0 Å². The van der Waals surface area contributed by atoms with Gasteiger partial charge in [-0.15, -0.1) is 0 Å². The minimum atomic E-state index is 0.306. The Balaban J connectivity index is 2.20. The van der Waals surface area contributed by atoms with Gasteiger partial charge in [0.1, 0.15) is 0 Å². The zero-order chi connectivity index (χ0) is 5.40. The highest BCUT2D eigenvalue weighted by Crippen LogP contribution is 2.20. The predicted molar refractivity (Wildman–Crippen MR) is 29.2 cm³/mol. The fraction of sp³-hybridized carbons (Fsp3) is 0.667. The summed E-state index contributed by atoms with van der Waals surface area (Å²) in [6, 6.07) is 0.375. The number of nitrogens with zero attached hydrogens (tertiary/aromatic N) is 1. The third-order valence-corrected chi connectivity index (χ3v) is 1.63. The van der Waals surface area contributed by atoms with Crippen LogP contribution in [0, 0.1) is 0 Å². The third kappa shape index (κ3) is 0.572. The van der Waals surface area contributed by atoms with E-state index in [0.717, 1.165) is 6.42 Å². The van der Waals surface area contributed by atoms with Crippen LogP contribution >= 0.6 is 0 Å². The maximum atomic E-state index is 5.02. The molecule has 2 atom stereocenters. The topological polar surface area (TPSA) is 23.3 Å². The van der Waals surface area contributed by atoms with Gasteiger partial charge in [-0.05, 0) is 12.8 Å². The Morgan fingerprint density at radius 1 is 1.38 bits per heavy atom. The zero-order valence-electron chi connectivity index (χ0n) is 4.58. The Bertz CT molecular complexity index is 99.7. The van der Waals surface area contributed by atoms with E-state index in [-0.39, 0.29) is 0 Å². The molecule has 3 rings (SSSR count). The van der Waals surface area contributed by atoms with Crippen LogP contribution < -0.4 is 5.48 Å². The van der Waals surface area contributed by atoms with Crippen LogP contribution in [-0.2, 0) is 4.84 Å². The zero-order valence-corrected chi connectivity index (χ0v) is 4.58. The van der Waals surface area contributed by atoms with Crippen LogP contribution in [0.4, 0.5) is 0 Å². The highest BCUT2D eigenvalue weighted by Gasteiger charge is 2.23. The quantitative estimate of drug-likeness (QED) is 0.419. The van der Waals surface area contributed by atoms with Gasteiger partial charge in [-0.25, -0.2) is 0 Å². The molecule has 1 aliphatic carbocycles. The monoisotopic (exact) mass is 110 g/mol. The van der Waals surface area contributed by atoms with E-state index in [9.17, 15) is 0 Å². The van der Waals surface area contributed by atoms with Gasteiger partial charge >= 0.3 is 0 Å². The number of hydroxylamine groups is 1. The molecule has 2 heteroatoms. The van der Waals surface area contributed by atoms with Gasteiger partial charge < -0.3 is 0 Å². The lowest BCUT2D eigenvalue weighted by Gasteiger charge is -2.28. The van der Waals surface area contributed by atoms with Crippen molar-refractivity contribution in [1.29, 1.82) is 0 Å². The molecule has 2 aliphatic heterocycles. The second-order valence-electron chi connectivity index (χ2n) is 2.28. The molecule has 2 bridgehead atoms. The standard InChI is InChI=1S/C6H8NO/c1-3-6-4-2-5(1)7-8-6/h1,3,5-6H,2,4H2. The number of hydrogen-bond donors (Lipinski definition) is 0. The van der Waals surface area contributed by atoms with Crippen molar-refractivity contribution in [2.75, 3.05) is 0 Å². The normalized spacial score (nSPS) is 43.0. The van der Waals surface area contributed by atoms with Gasteiger partial charge in [0, 0.05) is 0 Å². The first-order valence-electron chi connectivity index (χ1n) is 2.99. The molecule has 0 aromatic rings. The molecule has 0 amide bonds. The summed E-state index contributed by atoms with van der Waals surface area (Å²) in [6.45, 7) is 0. The summed E-state index contributed by atoms with van der Waals surface area (Å²) < 4.78 is 0. The van der Waals surface area contributed by atoms with E-state index in [1.165, 1.54) is 6.42 Å². The molecule has 0 spiro atoms. The summed E-state index contributed by atoms with van der Waals surface area (Å²) in [5.41, 5.74) is 3.91. The Morgan fingerprint density at radius 2 is 2.38 bits per heavy atom. The summed E-state index contributed by atoms with van der Waals surface area (Å²) >= 11 is 0. The molecule has 1 fully saturated rings. The molecule has 8 heavy (non-hydrogen) atoms. The fourth-order valence-electron chi connectivity index (χ4n) is 1.11. The van der Waals surface area contributed by atoms with E-state index in [4.69, 9.17) is 4.84 Å². The first kappa shape index (κ1) is 4.53. The molecule has 43 valence electrons. The lowest BCUT2D eigenvalue weighted by molar-refractivity contribution is -0.0648. The van der Waals surface area contributed by atoms with Crippen LogP contribution in [-0.4, -0.2) is 12.1 Å². The number of rotatable bonds is 0. The molecule has 1 radical (unpaired) electrons. The summed E-state index contributed by atoms with van der Waals surface area (Å²) in [7, 11) is 0. The summed E-state index contributed by atoms with van der Waals surface area (Å²) in [5.74, 6) is 0. The highest BCUT2D eigenvalue weighted by atomic mass is 16.7. The summed E-state index contributed by atoms with van der Waals surface area (Å²) in [4.78, 5) is 5.02. The van der Waals surface area contributed by atoms with Crippen molar-refractivity contribution in [3.63, 3.8) is 0 Å². The van der Waals surface area contributed by atoms with E-state index in [1.54, 1.807) is 0 Å². The van der Waals surface area contributed by atoms with Crippen molar-refractivity contribution >= 4 is 0 Å². The van der Waals surface area contributed by atoms with Crippen LogP contribution in [0.25, 0.3) is 0 Å². The lowest BCUT2D eigenvalue weighted by Crippen LogP contribution is -2.36. The average Bonchev–Trinajstić information content (AvgIpc) is 1.92. The van der Waals surface area contributed by atoms with E-state index in [0.29, 0.717) is 12.1 Å². The van der Waals surface area contributed by atoms with Crippen LogP contribution in [0.15, 0.2) is 12.2 Å². The van der Waals surface area contributed by atoms with Gasteiger partial charge in [-0.1, -0.05) is 17.6 Å². The first-order chi connectivity index (χ1) is 3.95. The van der Waals surface area contributed by atoms with Crippen molar-refractivity contribution in [3.8, 4) is 0 Å². The van der Waals surface area contributed by atoms with Gasteiger partial charge in [-0.2, -0.15) is 0 Å². The fourth-order valence-corrected chi connectivity index (χ4v) is 1.11. The Labute approximate surface area is 48.5 Å². The molecule has 0 aromatic carbocycles. The molecule has 1 saturated heterocycles. The maximum absolute atomic E-state index is 5.02. The van der Waals surface area contributed by atoms with Crippen LogP contribution in [0.2, 0.25) is 0 Å². The van der Waals surface area contributed by atoms with Crippen molar-refractivity contribution in [2.45, 2.75) is 25.0 Å². The van der Waals surface area contributed by atoms with E-state index in [1.807, 2.05) is 0 Å². The summed E-state index contributed by atoms with van der Waals surface area (Å²) in [5, 5.41) is 0. The van der Waals surface area contributed by atoms with E-state index < -0.39 is 0 Å². The van der Waals surface area contributed by atoms with Crippen molar-refractivity contribution in [3.05, 3.63) is 12.2 Å². The number of fused-ring (bicyclic) bond motifs is 2. The van der Waals surface area contributed by atoms with Crippen LogP contribution in [0.5, 0.6) is 0 Å². The minimum Gasteiger partial charge on any atom is -0.274 e. The average molecular weight is 110 g/mol. The van der Waals surface area contributed by atoms with E-state index in [2.05, 4.69) is 17.6 Å². The first-order valence-corrected chi connectivity index (χ1v) is 2.99. The highest BCUT2D eigenvalue weighted by molar-refractivity contribution is 5.04. The molecule has 2 nitrogen and oxygen atoms in total. The van der Waals surface area contributed by atoms with Gasteiger partial charge in [0.15, 0.2) is 0 Å². The Hall–Kier alpha value is -0.340. The number of hydrogen-bond acceptors (Lipinski definition) is 1. The molecular formula is C6H8NO.